The Morgan fingerprint density at radius 3 is 2.84 bits per heavy atom. The summed E-state index contributed by atoms with van der Waals surface area (Å²) < 4.78 is 2.92. The van der Waals surface area contributed by atoms with Crippen LogP contribution in [0.1, 0.15) is 9.67 Å². The number of rotatable bonds is 5. The summed E-state index contributed by atoms with van der Waals surface area (Å²) in [6.45, 7) is 0.708. The van der Waals surface area contributed by atoms with Gasteiger partial charge in [0.05, 0.1) is 15.1 Å². The van der Waals surface area contributed by atoms with E-state index in [9.17, 15) is 14.9 Å². The van der Waals surface area contributed by atoms with Crippen LogP contribution >= 0.6 is 46.0 Å². The van der Waals surface area contributed by atoms with Crippen LogP contribution in [0.5, 0.6) is 0 Å². The molecular formula is C15H12ClN3O3S3. The molecule has 1 amide bonds. The summed E-state index contributed by atoms with van der Waals surface area (Å²) in [5.41, 5.74) is 0.965. The number of carbonyl (C=O) groups is 1. The number of thiophene rings is 1. The normalized spacial score (nSPS) is 12.0. The number of nitro groups is 1. The van der Waals surface area contributed by atoms with E-state index >= 15 is 0 Å². The first-order chi connectivity index (χ1) is 12.0. The SMILES string of the molecule is CSCCn1c(=NC(=O)c2ccc([N+](=O)[O-])s2)sc2cc(Cl)ccc21. The summed E-state index contributed by atoms with van der Waals surface area (Å²) in [7, 11) is 0. The first-order valence-electron chi connectivity index (χ1n) is 7.10. The molecular weight excluding hydrogens is 402 g/mol. The molecule has 0 saturated carbocycles. The van der Waals surface area contributed by atoms with Crippen molar-refractivity contribution in [2.24, 2.45) is 4.99 Å². The third-order valence-electron chi connectivity index (χ3n) is 3.34. The van der Waals surface area contributed by atoms with E-state index in [1.165, 1.54) is 23.5 Å². The van der Waals surface area contributed by atoms with Crippen molar-refractivity contribution in [2.45, 2.75) is 6.54 Å². The smallest absolute Gasteiger partial charge is 0.316 e. The van der Waals surface area contributed by atoms with E-state index in [4.69, 9.17) is 11.6 Å². The highest BCUT2D eigenvalue weighted by molar-refractivity contribution is 7.98. The number of hydrogen-bond acceptors (Lipinski definition) is 6. The van der Waals surface area contributed by atoms with Crippen LogP contribution in [0.3, 0.4) is 0 Å². The van der Waals surface area contributed by atoms with Gasteiger partial charge in [0.1, 0.15) is 4.88 Å². The Kier molecular flexibility index (Phi) is 5.57. The first kappa shape index (κ1) is 18.1. The quantitative estimate of drug-likeness (QED) is 0.458. The van der Waals surface area contributed by atoms with Crippen molar-refractivity contribution < 1.29 is 9.72 Å². The minimum atomic E-state index is -0.512. The van der Waals surface area contributed by atoms with Crippen LogP contribution in [0.25, 0.3) is 10.2 Å². The second-order valence-corrected chi connectivity index (χ2v) is 8.45. The largest absolute Gasteiger partial charge is 0.324 e. The van der Waals surface area contributed by atoms with E-state index in [2.05, 4.69) is 4.99 Å². The Hall–Kier alpha value is -1.68. The number of carbonyl (C=O) groups excluding carboxylic acids is 1. The number of amides is 1. The van der Waals surface area contributed by atoms with Crippen molar-refractivity contribution in [1.82, 2.24) is 4.57 Å². The molecule has 3 rings (SSSR count). The molecule has 0 bridgehead atoms. The van der Waals surface area contributed by atoms with Crippen molar-refractivity contribution in [3.8, 4) is 0 Å². The molecule has 0 unspecified atom stereocenters. The molecule has 1 aromatic carbocycles. The zero-order valence-electron chi connectivity index (χ0n) is 13.0. The second-order valence-electron chi connectivity index (χ2n) is 4.95. The fourth-order valence-corrected chi connectivity index (χ4v) is 4.61. The highest BCUT2D eigenvalue weighted by Crippen LogP contribution is 2.25. The topological polar surface area (TPSA) is 77.5 Å². The monoisotopic (exact) mass is 413 g/mol. The standard InChI is InChI=1S/C15H12ClN3O3S3/c1-23-7-6-18-10-3-2-9(16)8-12(10)25-15(18)17-14(20)11-4-5-13(24-11)19(21)22/h2-5,8H,6-7H2,1H3. The van der Waals surface area contributed by atoms with Gasteiger partial charge in [-0.15, -0.1) is 0 Å². The number of benzene rings is 1. The van der Waals surface area contributed by atoms with Crippen molar-refractivity contribution >= 4 is 67.2 Å². The van der Waals surface area contributed by atoms with Gasteiger partial charge in [-0.05, 0) is 30.5 Å². The summed E-state index contributed by atoms with van der Waals surface area (Å²) in [6.07, 6.45) is 2.01. The lowest BCUT2D eigenvalue weighted by molar-refractivity contribution is -0.380. The fraction of sp³-hybridized carbons (Fsp3) is 0.200. The molecule has 0 saturated heterocycles. The Bertz CT molecular complexity index is 1020. The minimum absolute atomic E-state index is 0.0723. The fourth-order valence-electron chi connectivity index (χ4n) is 2.21. The number of nitrogens with zero attached hydrogens (tertiary/aromatic N) is 3. The van der Waals surface area contributed by atoms with Gasteiger partial charge in [0.25, 0.3) is 5.91 Å². The average molecular weight is 414 g/mol. The Balaban J connectivity index is 2.07. The van der Waals surface area contributed by atoms with Gasteiger partial charge in [-0.25, -0.2) is 0 Å². The van der Waals surface area contributed by atoms with Gasteiger partial charge >= 0.3 is 5.00 Å². The van der Waals surface area contributed by atoms with E-state index in [1.54, 1.807) is 17.8 Å². The Morgan fingerprint density at radius 1 is 1.36 bits per heavy atom. The van der Waals surface area contributed by atoms with Crippen LogP contribution in [0.2, 0.25) is 5.02 Å². The Labute approximate surface area is 159 Å². The molecule has 2 aromatic heterocycles. The second kappa shape index (κ2) is 7.69. The van der Waals surface area contributed by atoms with Crippen molar-refractivity contribution in [3.05, 3.63) is 55.1 Å². The summed E-state index contributed by atoms with van der Waals surface area (Å²) in [5, 5.41) is 11.3. The number of hydrogen-bond donors (Lipinski definition) is 0. The van der Waals surface area contributed by atoms with Crippen molar-refractivity contribution in [1.29, 1.82) is 0 Å². The summed E-state index contributed by atoms with van der Waals surface area (Å²) >= 11 is 9.96. The lowest BCUT2D eigenvalue weighted by Crippen LogP contribution is -2.18. The zero-order valence-corrected chi connectivity index (χ0v) is 16.2. The van der Waals surface area contributed by atoms with Gasteiger partial charge in [0.2, 0.25) is 0 Å². The molecule has 0 aliphatic heterocycles. The molecule has 0 spiro atoms. The third-order valence-corrected chi connectivity index (χ3v) is 6.24. The predicted molar refractivity (Wildman–Crippen MR) is 104 cm³/mol. The van der Waals surface area contributed by atoms with Crippen molar-refractivity contribution in [3.63, 3.8) is 0 Å². The van der Waals surface area contributed by atoms with Gasteiger partial charge in [0.15, 0.2) is 4.80 Å². The number of halogens is 1. The number of fused-ring (bicyclic) bond motifs is 1. The molecule has 0 aliphatic rings. The van der Waals surface area contributed by atoms with Gasteiger partial charge in [0, 0.05) is 23.4 Å². The molecule has 25 heavy (non-hydrogen) atoms. The van der Waals surface area contributed by atoms with Gasteiger partial charge in [-0.2, -0.15) is 16.8 Å². The maximum Gasteiger partial charge on any atom is 0.324 e. The van der Waals surface area contributed by atoms with Crippen LogP contribution in [0.15, 0.2) is 35.3 Å². The molecule has 0 aliphatic carbocycles. The lowest BCUT2D eigenvalue weighted by Gasteiger charge is -2.03. The Morgan fingerprint density at radius 2 is 2.16 bits per heavy atom. The molecule has 0 N–H and O–H groups in total. The molecule has 3 aromatic rings. The molecule has 10 heteroatoms. The summed E-state index contributed by atoms with van der Waals surface area (Å²) in [4.78, 5) is 27.7. The van der Waals surface area contributed by atoms with E-state index < -0.39 is 10.8 Å². The molecule has 6 nitrogen and oxygen atoms in total. The van der Waals surface area contributed by atoms with Crippen LogP contribution in [0, 0.1) is 10.1 Å². The maximum atomic E-state index is 12.4. The highest BCUT2D eigenvalue weighted by Gasteiger charge is 2.15. The summed E-state index contributed by atoms with van der Waals surface area (Å²) in [6, 6.07) is 8.32. The summed E-state index contributed by atoms with van der Waals surface area (Å²) in [5.74, 6) is 0.397. The molecule has 0 radical (unpaired) electrons. The van der Waals surface area contributed by atoms with E-state index in [-0.39, 0.29) is 9.88 Å². The first-order valence-corrected chi connectivity index (χ1v) is 10.5. The molecule has 2 heterocycles. The van der Waals surface area contributed by atoms with E-state index in [0.29, 0.717) is 16.4 Å². The highest BCUT2D eigenvalue weighted by atomic mass is 35.5. The molecule has 0 fully saturated rings. The predicted octanol–water partition coefficient (Wildman–Crippen LogP) is 4.43. The van der Waals surface area contributed by atoms with Crippen molar-refractivity contribution in [2.75, 3.05) is 12.0 Å². The van der Waals surface area contributed by atoms with Crippen LogP contribution < -0.4 is 4.80 Å². The average Bonchev–Trinajstić information content (AvgIpc) is 3.17. The number of thiazole rings is 1. The van der Waals surface area contributed by atoms with Gasteiger partial charge in [-0.3, -0.25) is 14.9 Å². The minimum Gasteiger partial charge on any atom is -0.316 e. The van der Waals surface area contributed by atoms with E-state index in [1.807, 2.05) is 23.0 Å². The van der Waals surface area contributed by atoms with Gasteiger partial charge < -0.3 is 4.57 Å². The van der Waals surface area contributed by atoms with E-state index in [0.717, 1.165) is 27.3 Å². The zero-order chi connectivity index (χ0) is 18.0. The van der Waals surface area contributed by atoms with Crippen LogP contribution in [-0.2, 0) is 6.54 Å². The molecule has 0 atom stereocenters. The number of aromatic nitrogens is 1. The van der Waals surface area contributed by atoms with Crippen LogP contribution in [-0.4, -0.2) is 27.4 Å². The molecule has 130 valence electrons. The lowest BCUT2D eigenvalue weighted by atomic mass is 10.3. The number of thioether (sulfide) groups is 1. The number of aryl methyl sites for hydroxylation is 1. The van der Waals surface area contributed by atoms with Crippen LogP contribution in [0.4, 0.5) is 5.00 Å². The third kappa shape index (κ3) is 3.95. The maximum absolute atomic E-state index is 12.4. The van der Waals surface area contributed by atoms with Gasteiger partial charge in [-0.1, -0.05) is 34.3 Å².